The first-order valence-corrected chi connectivity index (χ1v) is 7.50. The monoisotopic (exact) mass is 304 g/mol. The third kappa shape index (κ3) is 2.81. The summed E-state index contributed by atoms with van der Waals surface area (Å²) in [6, 6.07) is 0.110. The molecule has 3 rings (SSSR count). The van der Waals surface area contributed by atoms with Crippen molar-refractivity contribution in [1.29, 1.82) is 0 Å². The first-order chi connectivity index (χ1) is 10.5. The Morgan fingerprint density at radius 3 is 3.14 bits per heavy atom. The Hall–Kier alpha value is -2.38. The molecule has 22 heavy (non-hydrogen) atoms. The van der Waals surface area contributed by atoms with Crippen molar-refractivity contribution in [2.75, 3.05) is 18.0 Å². The van der Waals surface area contributed by atoms with E-state index in [0.717, 1.165) is 13.0 Å². The number of fused-ring (bicyclic) bond motifs is 1. The van der Waals surface area contributed by atoms with Crippen LogP contribution in [0, 0.1) is 5.92 Å². The average Bonchev–Trinajstić information content (AvgIpc) is 3.05. The SMILES string of the molecule is CC(C)CC(=O)NC1CCN(c2nccn3c(=O)[nH]nc23)C1. The van der Waals surface area contributed by atoms with Crippen LogP contribution in [0.5, 0.6) is 0 Å². The van der Waals surface area contributed by atoms with Gasteiger partial charge in [-0.25, -0.2) is 19.3 Å². The second-order valence-electron chi connectivity index (χ2n) is 6.07. The van der Waals surface area contributed by atoms with Crippen LogP contribution in [-0.2, 0) is 4.79 Å². The molecule has 0 radical (unpaired) electrons. The summed E-state index contributed by atoms with van der Waals surface area (Å²) in [4.78, 5) is 29.8. The van der Waals surface area contributed by atoms with Crippen molar-refractivity contribution >= 4 is 17.4 Å². The molecule has 1 atom stereocenters. The Morgan fingerprint density at radius 2 is 2.36 bits per heavy atom. The molecular weight excluding hydrogens is 284 g/mol. The lowest BCUT2D eigenvalue weighted by Gasteiger charge is -2.18. The third-order valence-electron chi connectivity index (χ3n) is 3.76. The Bertz CT molecular complexity index is 734. The Labute approximate surface area is 127 Å². The van der Waals surface area contributed by atoms with Gasteiger partial charge in [0.05, 0.1) is 0 Å². The molecule has 0 spiro atoms. The zero-order chi connectivity index (χ0) is 15.7. The number of H-pyrrole nitrogens is 1. The molecule has 8 nitrogen and oxygen atoms in total. The lowest BCUT2D eigenvalue weighted by Crippen LogP contribution is -2.37. The Balaban J connectivity index is 1.72. The lowest BCUT2D eigenvalue weighted by atomic mass is 10.1. The first-order valence-electron chi connectivity index (χ1n) is 7.50. The van der Waals surface area contributed by atoms with E-state index in [4.69, 9.17) is 0 Å². The van der Waals surface area contributed by atoms with E-state index in [0.29, 0.717) is 30.3 Å². The Morgan fingerprint density at radius 1 is 1.55 bits per heavy atom. The lowest BCUT2D eigenvalue weighted by molar-refractivity contribution is -0.122. The van der Waals surface area contributed by atoms with Crippen LogP contribution in [0.4, 0.5) is 5.82 Å². The molecule has 0 aliphatic carbocycles. The van der Waals surface area contributed by atoms with Crippen LogP contribution < -0.4 is 15.9 Å². The van der Waals surface area contributed by atoms with Gasteiger partial charge in [-0.2, -0.15) is 0 Å². The molecule has 1 aliphatic heterocycles. The summed E-state index contributed by atoms with van der Waals surface area (Å²) in [7, 11) is 0. The molecule has 2 N–H and O–H groups in total. The maximum atomic E-state index is 11.9. The normalized spacial score (nSPS) is 18.3. The second kappa shape index (κ2) is 5.78. The van der Waals surface area contributed by atoms with Crippen LogP contribution >= 0.6 is 0 Å². The summed E-state index contributed by atoms with van der Waals surface area (Å²) in [5.41, 5.74) is 0.237. The number of aromatic nitrogens is 4. The van der Waals surface area contributed by atoms with E-state index < -0.39 is 0 Å². The number of nitrogens with one attached hydrogen (secondary N) is 2. The number of nitrogens with zero attached hydrogens (tertiary/aromatic N) is 4. The van der Waals surface area contributed by atoms with E-state index in [2.05, 4.69) is 25.4 Å². The molecule has 3 heterocycles. The highest BCUT2D eigenvalue weighted by Gasteiger charge is 2.26. The smallest absolute Gasteiger partial charge is 0.347 e. The first kappa shape index (κ1) is 14.6. The van der Waals surface area contributed by atoms with Crippen molar-refractivity contribution in [3.63, 3.8) is 0 Å². The fourth-order valence-electron chi connectivity index (χ4n) is 2.78. The molecule has 118 valence electrons. The van der Waals surface area contributed by atoms with Gasteiger partial charge in [-0.15, -0.1) is 5.10 Å². The number of carbonyl (C=O) groups excluding carboxylic acids is 1. The molecule has 2 aromatic rings. The van der Waals surface area contributed by atoms with Crippen molar-refractivity contribution in [3.05, 3.63) is 22.9 Å². The minimum Gasteiger partial charge on any atom is -0.352 e. The molecule has 0 saturated carbocycles. The van der Waals surface area contributed by atoms with Crippen LogP contribution in [0.1, 0.15) is 26.7 Å². The van der Waals surface area contributed by atoms with E-state index in [1.165, 1.54) is 4.40 Å². The summed E-state index contributed by atoms with van der Waals surface area (Å²) in [5.74, 6) is 1.11. The topological polar surface area (TPSA) is 95.4 Å². The highest BCUT2D eigenvalue weighted by molar-refractivity contribution is 5.76. The van der Waals surface area contributed by atoms with Gasteiger partial charge in [0, 0.05) is 37.9 Å². The zero-order valence-corrected chi connectivity index (χ0v) is 12.7. The van der Waals surface area contributed by atoms with Gasteiger partial charge in [-0.1, -0.05) is 13.8 Å². The van der Waals surface area contributed by atoms with Gasteiger partial charge < -0.3 is 10.2 Å². The zero-order valence-electron chi connectivity index (χ0n) is 12.7. The molecule has 2 aromatic heterocycles. The predicted molar refractivity (Wildman–Crippen MR) is 81.8 cm³/mol. The summed E-state index contributed by atoms with van der Waals surface area (Å²) < 4.78 is 1.44. The van der Waals surface area contributed by atoms with Crippen molar-refractivity contribution in [3.8, 4) is 0 Å². The number of carbonyl (C=O) groups is 1. The minimum absolute atomic E-state index is 0.0870. The number of anilines is 1. The van der Waals surface area contributed by atoms with E-state index in [1.54, 1.807) is 12.4 Å². The molecule has 1 saturated heterocycles. The van der Waals surface area contributed by atoms with Gasteiger partial charge in [0.1, 0.15) is 0 Å². The average molecular weight is 304 g/mol. The predicted octanol–water partition coefficient (Wildman–Crippen LogP) is 0.159. The van der Waals surface area contributed by atoms with Gasteiger partial charge in [-0.3, -0.25) is 4.79 Å². The minimum atomic E-state index is -0.278. The quantitative estimate of drug-likeness (QED) is 0.839. The standard InChI is InChI=1S/C14H20N6O2/c1-9(2)7-11(21)16-10-3-5-19(8-10)12-13-17-18-14(22)20(13)6-4-15-12/h4,6,9-10H,3,5,7-8H2,1-2H3,(H,16,21)(H,18,22). The molecule has 1 fully saturated rings. The number of rotatable bonds is 4. The molecule has 1 amide bonds. The molecule has 1 aliphatic rings. The fraction of sp³-hybridized carbons (Fsp3) is 0.571. The van der Waals surface area contributed by atoms with Gasteiger partial charge in [0.15, 0.2) is 5.82 Å². The van der Waals surface area contributed by atoms with Crippen molar-refractivity contribution in [2.24, 2.45) is 5.92 Å². The summed E-state index contributed by atoms with van der Waals surface area (Å²) in [6.45, 7) is 5.51. The number of amides is 1. The highest BCUT2D eigenvalue weighted by Crippen LogP contribution is 2.21. The molecule has 0 aromatic carbocycles. The molecule has 0 bridgehead atoms. The molecule has 1 unspecified atom stereocenters. The third-order valence-corrected chi connectivity index (χ3v) is 3.76. The number of aromatic amines is 1. The van der Waals surface area contributed by atoms with Crippen LogP contribution in [0.3, 0.4) is 0 Å². The van der Waals surface area contributed by atoms with Gasteiger partial charge in [0.2, 0.25) is 11.6 Å². The van der Waals surface area contributed by atoms with Crippen molar-refractivity contribution < 1.29 is 4.79 Å². The van der Waals surface area contributed by atoms with Gasteiger partial charge in [-0.05, 0) is 12.3 Å². The van der Waals surface area contributed by atoms with Gasteiger partial charge >= 0.3 is 5.69 Å². The summed E-state index contributed by atoms with van der Waals surface area (Å²) >= 11 is 0. The molecular formula is C14H20N6O2. The van der Waals surface area contributed by atoms with E-state index in [9.17, 15) is 9.59 Å². The van der Waals surface area contributed by atoms with Crippen molar-refractivity contribution in [1.82, 2.24) is 24.9 Å². The van der Waals surface area contributed by atoms with Crippen LogP contribution in [0.2, 0.25) is 0 Å². The fourth-order valence-corrected chi connectivity index (χ4v) is 2.78. The maximum absolute atomic E-state index is 11.9. The van der Waals surface area contributed by atoms with Crippen molar-refractivity contribution in [2.45, 2.75) is 32.7 Å². The van der Waals surface area contributed by atoms with Gasteiger partial charge in [0.25, 0.3) is 0 Å². The highest BCUT2D eigenvalue weighted by atomic mass is 16.2. The Kier molecular flexibility index (Phi) is 3.82. The summed E-state index contributed by atoms with van der Waals surface area (Å²) in [6.07, 6.45) is 4.58. The maximum Gasteiger partial charge on any atom is 0.347 e. The number of hydrogen-bond acceptors (Lipinski definition) is 5. The number of hydrogen-bond donors (Lipinski definition) is 2. The second-order valence-corrected chi connectivity index (χ2v) is 6.07. The van der Waals surface area contributed by atoms with E-state index >= 15 is 0 Å². The van der Waals surface area contributed by atoms with E-state index in [-0.39, 0.29) is 17.6 Å². The van der Waals surface area contributed by atoms with Crippen LogP contribution in [-0.4, -0.2) is 44.6 Å². The van der Waals surface area contributed by atoms with E-state index in [1.807, 2.05) is 13.8 Å². The summed E-state index contributed by atoms with van der Waals surface area (Å²) in [5, 5.41) is 9.51. The van der Waals surface area contributed by atoms with Crippen LogP contribution in [0.25, 0.3) is 5.65 Å². The largest absolute Gasteiger partial charge is 0.352 e. The van der Waals surface area contributed by atoms with Crippen LogP contribution in [0.15, 0.2) is 17.2 Å². The molecule has 8 heteroatoms.